The Morgan fingerprint density at radius 3 is 2.63 bits per heavy atom. The zero-order chi connectivity index (χ0) is 18.9. The summed E-state index contributed by atoms with van der Waals surface area (Å²) in [6.45, 7) is 5.64. The Morgan fingerprint density at radius 2 is 1.96 bits per heavy atom. The van der Waals surface area contributed by atoms with Crippen LogP contribution in [0.1, 0.15) is 49.1 Å². The van der Waals surface area contributed by atoms with E-state index in [9.17, 15) is 0 Å². The summed E-state index contributed by atoms with van der Waals surface area (Å²) in [6, 6.07) is 8.49. The van der Waals surface area contributed by atoms with Crippen molar-refractivity contribution >= 4 is 23.5 Å². The fourth-order valence-electron chi connectivity index (χ4n) is 4.23. The monoisotopic (exact) mass is 360 g/mol. The standard InChI is InChI=1S/C20H23N5.CHN/c21-12-15-4-3-14(16-11-20(16)5-6-20)9-17(15)24-18-10-19(23-13-22-18)25-7-1-2-8-25;1-2/h3-4,9-10,12-13,16,21H,1-2,5-8,11H2,(H,22,23,24);1H. The number of hydrogen-bond donors (Lipinski definition) is 2. The Bertz CT molecular complexity index is 864. The van der Waals surface area contributed by atoms with Crippen LogP contribution in [0, 0.1) is 22.7 Å². The lowest BCUT2D eigenvalue weighted by molar-refractivity contribution is 0.840. The summed E-state index contributed by atoms with van der Waals surface area (Å²) in [5.74, 6) is 2.51. The third kappa shape index (κ3) is 3.37. The number of rotatable bonds is 5. The van der Waals surface area contributed by atoms with Crippen LogP contribution in [-0.2, 0) is 0 Å². The molecule has 6 heteroatoms. The third-order valence-corrected chi connectivity index (χ3v) is 6.06. The molecular formula is C21H24N6. The highest BCUT2D eigenvalue weighted by Gasteiger charge is 2.62. The summed E-state index contributed by atoms with van der Waals surface area (Å²) in [5, 5.41) is 17.6. The minimum Gasteiger partial charge on any atom is -0.356 e. The van der Waals surface area contributed by atoms with Gasteiger partial charge >= 0.3 is 0 Å². The molecule has 27 heavy (non-hydrogen) atoms. The topological polar surface area (TPSA) is 88.7 Å². The number of hydrogen-bond acceptors (Lipinski definition) is 6. The lowest BCUT2D eigenvalue weighted by atomic mass is 10.0. The maximum absolute atomic E-state index is 7.71. The van der Waals surface area contributed by atoms with Crippen molar-refractivity contribution in [1.82, 2.24) is 9.97 Å². The van der Waals surface area contributed by atoms with Gasteiger partial charge in [-0.1, -0.05) is 12.1 Å². The normalized spacial score (nSPS) is 21.3. The van der Waals surface area contributed by atoms with Gasteiger partial charge in [-0.05, 0) is 55.1 Å². The molecule has 0 bridgehead atoms. The van der Waals surface area contributed by atoms with Gasteiger partial charge in [-0.3, -0.25) is 0 Å². The fraction of sp³-hybridized carbons (Fsp3) is 0.429. The smallest absolute Gasteiger partial charge is 0.135 e. The molecule has 1 aromatic heterocycles. The molecule has 1 unspecified atom stereocenters. The average Bonchev–Trinajstić information content (AvgIpc) is 3.59. The van der Waals surface area contributed by atoms with E-state index < -0.39 is 0 Å². The van der Waals surface area contributed by atoms with Crippen molar-refractivity contribution in [2.75, 3.05) is 23.3 Å². The van der Waals surface area contributed by atoms with E-state index in [1.54, 1.807) is 6.33 Å². The molecule has 0 amide bonds. The molecule has 2 aromatic rings. The van der Waals surface area contributed by atoms with Crippen molar-refractivity contribution in [2.45, 2.75) is 38.0 Å². The SMILES string of the molecule is C#N.N=Cc1ccc(C2CC23CC3)cc1Nc1cc(N2CCCC2)ncn1. The van der Waals surface area contributed by atoms with Crippen molar-refractivity contribution in [3.8, 4) is 6.57 Å². The summed E-state index contributed by atoms with van der Waals surface area (Å²) in [7, 11) is 0. The van der Waals surface area contributed by atoms with E-state index >= 15 is 0 Å². The van der Waals surface area contributed by atoms with Crippen LogP contribution in [0.2, 0.25) is 0 Å². The summed E-state index contributed by atoms with van der Waals surface area (Å²) in [6.07, 6.45) is 9.61. The molecule has 3 aliphatic rings. The largest absolute Gasteiger partial charge is 0.356 e. The molecule has 1 aromatic carbocycles. The number of nitrogens with zero attached hydrogens (tertiary/aromatic N) is 4. The molecule has 0 radical (unpaired) electrons. The molecule has 3 fully saturated rings. The van der Waals surface area contributed by atoms with Crippen LogP contribution in [0.25, 0.3) is 0 Å². The van der Waals surface area contributed by atoms with Gasteiger partial charge in [0, 0.05) is 43.2 Å². The molecule has 1 aliphatic heterocycles. The molecular weight excluding hydrogens is 336 g/mol. The highest BCUT2D eigenvalue weighted by atomic mass is 15.2. The van der Waals surface area contributed by atoms with Crippen LogP contribution >= 0.6 is 0 Å². The van der Waals surface area contributed by atoms with Crippen LogP contribution < -0.4 is 10.2 Å². The molecule has 6 nitrogen and oxygen atoms in total. The van der Waals surface area contributed by atoms with Gasteiger partial charge in [0.25, 0.3) is 0 Å². The molecule has 1 atom stereocenters. The first-order valence-electron chi connectivity index (χ1n) is 9.52. The fourth-order valence-corrected chi connectivity index (χ4v) is 4.23. The van der Waals surface area contributed by atoms with Crippen molar-refractivity contribution in [3.63, 3.8) is 0 Å². The van der Waals surface area contributed by atoms with Gasteiger partial charge < -0.3 is 15.6 Å². The Kier molecular flexibility index (Phi) is 4.53. The Morgan fingerprint density at radius 1 is 1.19 bits per heavy atom. The molecule has 2 heterocycles. The molecule has 1 saturated heterocycles. The van der Waals surface area contributed by atoms with E-state index in [4.69, 9.17) is 10.7 Å². The highest BCUT2D eigenvalue weighted by Crippen LogP contribution is 2.75. The summed E-state index contributed by atoms with van der Waals surface area (Å²) in [4.78, 5) is 11.1. The first-order chi connectivity index (χ1) is 13.3. The first-order valence-corrected chi connectivity index (χ1v) is 9.52. The van der Waals surface area contributed by atoms with E-state index in [1.165, 1.54) is 43.9 Å². The number of aromatic nitrogens is 2. The molecule has 2 aliphatic carbocycles. The van der Waals surface area contributed by atoms with Gasteiger partial charge in [0.05, 0.1) is 0 Å². The van der Waals surface area contributed by atoms with Gasteiger partial charge in [0.1, 0.15) is 18.0 Å². The van der Waals surface area contributed by atoms with E-state index in [2.05, 4.69) is 45.0 Å². The molecule has 2 saturated carbocycles. The summed E-state index contributed by atoms with van der Waals surface area (Å²) < 4.78 is 0. The van der Waals surface area contributed by atoms with Crippen molar-refractivity contribution in [3.05, 3.63) is 41.7 Å². The van der Waals surface area contributed by atoms with Crippen LogP contribution in [0.15, 0.2) is 30.6 Å². The van der Waals surface area contributed by atoms with Crippen molar-refractivity contribution < 1.29 is 0 Å². The van der Waals surface area contributed by atoms with E-state index in [0.29, 0.717) is 5.41 Å². The van der Waals surface area contributed by atoms with E-state index in [0.717, 1.165) is 41.9 Å². The predicted octanol–water partition coefficient (Wildman–Crippen LogP) is 4.23. The quantitative estimate of drug-likeness (QED) is 0.779. The second kappa shape index (κ2) is 6.99. The minimum atomic E-state index is 0.640. The van der Waals surface area contributed by atoms with Gasteiger partial charge in [-0.25, -0.2) is 15.2 Å². The van der Waals surface area contributed by atoms with Gasteiger partial charge in [-0.15, -0.1) is 0 Å². The van der Waals surface area contributed by atoms with Gasteiger partial charge in [-0.2, -0.15) is 0 Å². The molecule has 138 valence electrons. The summed E-state index contributed by atoms with van der Waals surface area (Å²) >= 11 is 0. The van der Waals surface area contributed by atoms with Crippen LogP contribution in [-0.4, -0.2) is 29.3 Å². The zero-order valence-electron chi connectivity index (χ0n) is 15.4. The second-order valence-corrected chi connectivity index (χ2v) is 7.69. The van der Waals surface area contributed by atoms with Crippen LogP contribution in [0.3, 0.4) is 0 Å². The zero-order valence-corrected chi connectivity index (χ0v) is 15.4. The first kappa shape index (κ1) is 17.5. The summed E-state index contributed by atoms with van der Waals surface area (Å²) in [5.41, 5.74) is 3.91. The number of benzene rings is 1. The predicted molar refractivity (Wildman–Crippen MR) is 107 cm³/mol. The lowest BCUT2D eigenvalue weighted by Crippen LogP contribution is -2.19. The minimum absolute atomic E-state index is 0.640. The molecule has 1 spiro atoms. The lowest BCUT2D eigenvalue weighted by Gasteiger charge is -2.17. The third-order valence-electron chi connectivity index (χ3n) is 6.06. The average molecular weight is 360 g/mol. The highest BCUT2D eigenvalue weighted by molar-refractivity contribution is 5.87. The number of nitrogens with one attached hydrogen (secondary N) is 2. The van der Waals surface area contributed by atoms with Gasteiger partial charge in [0.2, 0.25) is 0 Å². The number of nitriles is 1. The number of anilines is 3. The molecule has 2 N–H and O–H groups in total. The Labute approximate surface area is 159 Å². The second-order valence-electron chi connectivity index (χ2n) is 7.69. The van der Waals surface area contributed by atoms with Crippen LogP contribution in [0.5, 0.6) is 0 Å². The van der Waals surface area contributed by atoms with Crippen molar-refractivity contribution in [2.24, 2.45) is 5.41 Å². The Balaban J connectivity index is 0.000000872. The van der Waals surface area contributed by atoms with Crippen molar-refractivity contribution in [1.29, 1.82) is 10.7 Å². The van der Waals surface area contributed by atoms with E-state index in [1.807, 2.05) is 6.07 Å². The Hall–Kier alpha value is -2.94. The van der Waals surface area contributed by atoms with E-state index in [-0.39, 0.29) is 0 Å². The van der Waals surface area contributed by atoms with Crippen LogP contribution in [0.4, 0.5) is 17.3 Å². The molecule has 5 rings (SSSR count). The van der Waals surface area contributed by atoms with Gasteiger partial charge in [0.15, 0.2) is 0 Å². The maximum atomic E-state index is 7.71. The maximum Gasteiger partial charge on any atom is 0.135 e.